The van der Waals surface area contributed by atoms with E-state index >= 15 is 0 Å². The fourth-order valence-corrected chi connectivity index (χ4v) is 1.09. The van der Waals surface area contributed by atoms with E-state index in [1.807, 2.05) is 21.1 Å². The second kappa shape index (κ2) is 4.38. The van der Waals surface area contributed by atoms with Crippen LogP contribution in [0.1, 0.15) is 6.92 Å². The highest BCUT2D eigenvalue weighted by atomic mass is 31.2. The molecule has 4 nitrogen and oxygen atoms in total. The first kappa shape index (κ1) is 12.1. The van der Waals surface area contributed by atoms with Crippen molar-refractivity contribution in [2.45, 2.75) is 6.92 Å². The van der Waals surface area contributed by atoms with E-state index in [0.717, 1.165) is 0 Å². The summed E-state index contributed by atoms with van der Waals surface area (Å²) in [4.78, 5) is 10.9. The summed E-state index contributed by atoms with van der Waals surface area (Å²) in [5, 5.41) is 0. The van der Waals surface area contributed by atoms with Gasteiger partial charge in [-0.3, -0.25) is 0 Å². The van der Waals surface area contributed by atoms with Crippen molar-refractivity contribution < 1.29 is 18.5 Å². The van der Waals surface area contributed by atoms with E-state index in [-0.39, 0.29) is 12.8 Å². The Bertz CT molecular complexity index is 176. The molecule has 74 valence electrons. The maximum atomic E-state index is 10.9. The summed E-state index contributed by atoms with van der Waals surface area (Å²) >= 11 is 0. The van der Waals surface area contributed by atoms with E-state index in [0.29, 0.717) is 11.0 Å². The molecule has 0 aliphatic heterocycles. The van der Waals surface area contributed by atoms with E-state index in [4.69, 9.17) is 4.52 Å². The van der Waals surface area contributed by atoms with Crippen LogP contribution in [0.3, 0.4) is 0 Å². The number of hydrogen-bond acceptors (Lipinski definition) is 3. The zero-order chi connectivity index (χ0) is 9.83. The van der Waals surface area contributed by atoms with Crippen LogP contribution in [0.5, 0.6) is 0 Å². The lowest BCUT2D eigenvalue weighted by Crippen LogP contribution is -2.37. The van der Waals surface area contributed by atoms with Crippen molar-refractivity contribution in [1.82, 2.24) is 0 Å². The second-order valence-corrected chi connectivity index (χ2v) is 5.89. The predicted molar refractivity (Wildman–Crippen MR) is 47.0 cm³/mol. The van der Waals surface area contributed by atoms with Crippen LogP contribution >= 0.6 is 7.60 Å². The molecule has 0 spiro atoms. The van der Waals surface area contributed by atoms with Crippen LogP contribution in [0, 0.1) is 0 Å². The third kappa shape index (κ3) is 6.80. The van der Waals surface area contributed by atoms with Crippen LogP contribution in [0.4, 0.5) is 0 Å². The van der Waals surface area contributed by atoms with Gasteiger partial charge in [-0.15, -0.1) is 0 Å². The lowest BCUT2D eigenvalue weighted by atomic mass is 10.5. The van der Waals surface area contributed by atoms with E-state index in [9.17, 15) is 9.46 Å². The Hall–Kier alpha value is 0.110. The summed E-state index contributed by atoms with van der Waals surface area (Å²) in [6.07, 6.45) is 0.0736. The van der Waals surface area contributed by atoms with Crippen LogP contribution in [0.2, 0.25) is 0 Å². The summed E-state index contributed by atoms with van der Waals surface area (Å²) in [6, 6.07) is 0. The largest absolute Gasteiger partial charge is 0.778 e. The summed E-state index contributed by atoms with van der Waals surface area (Å²) in [5.41, 5.74) is 0. The highest BCUT2D eigenvalue weighted by molar-refractivity contribution is 7.51. The molecule has 0 N–H and O–H groups in total. The highest BCUT2D eigenvalue weighted by Gasteiger charge is 2.09. The number of quaternary nitrogens is 1. The standard InChI is InChI=1S/C7H18NO3P/c1-5-12(9,10)11-7-6-8(2,3)4/h5-7H2,1-4H3. The van der Waals surface area contributed by atoms with Crippen molar-refractivity contribution >= 4 is 7.60 Å². The molecule has 0 aliphatic rings. The fraction of sp³-hybridized carbons (Fsp3) is 1.00. The van der Waals surface area contributed by atoms with Crippen LogP contribution in [0.25, 0.3) is 0 Å². The minimum absolute atomic E-state index is 0.0736. The smallest absolute Gasteiger partial charge is 0.134 e. The quantitative estimate of drug-likeness (QED) is 0.467. The Morgan fingerprint density at radius 3 is 2.25 bits per heavy atom. The van der Waals surface area contributed by atoms with Gasteiger partial charge in [0.05, 0.1) is 21.1 Å². The highest BCUT2D eigenvalue weighted by Crippen LogP contribution is 2.35. The van der Waals surface area contributed by atoms with Gasteiger partial charge >= 0.3 is 0 Å². The lowest BCUT2D eigenvalue weighted by molar-refractivity contribution is -0.870. The Morgan fingerprint density at radius 2 is 1.92 bits per heavy atom. The normalized spacial score (nSPS) is 17.4. The first-order valence-corrected chi connectivity index (χ1v) is 5.75. The van der Waals surface area contributed by atoms with Gasteiger partial charge in [0, 0.05) is 6.16 Å². The average Bonchev–Trinajstić information content (AvgIpc) is 1.84. The van der Waals surface area contributed by atoms with E-state index < -0.39 is 7.60 Å². The molecule has 12 heavy (non-hydrogen) atoms. The Labute approximate surface area is 74.3 Å². The van der Waals surface area contributed by atoms with E-state index in [1.54, 1.807) is 6.92 Å². The molecular formula is C7H18NO3P. The van der Waals surface area contributed by atoms with Crippen molar-refractivity contribution in [1.29, 1.82) is 0 Å². The van der Waals surface area contributed by atoms with Crippen molar-refractivity contribution in [2.24, 2.45) is 0 Å². The molecule has 1 unspecified atom stereocenters. The number of hydrogen-bond donors (Lipinski definition) is 0. The molecule has 0 saturated heterocycles. The molecule has 1 atom stereocenters. The zero-order valence-corrected chi connectivity index (χ0v) is 9.13. The number of rotatable bonds is 5. The molecule has 0 aliphatic carbocycles. The van der Waals surface area contributed by atoms with Crippen molar-refractivity contribution in [2.75, 3.05) is 40.5 Å². The monoisotopic (exact) mass is 195 g/mol. The van der Waals surface area contributed by atoms with Crippen molar-refractivity contribution in [3.05, 3.63) is 0 Å². The van der Waals surface area contributed by atoms with Crippen molar-refractivity contribution in [3.8, 4) is 0 Å². The van der Waals surface area contributed by atoms with Gasteiger partial charge < -0.3 is 18.5 Å². The Kier molecular flexibility index (Phi) is 4.42. The molecule has 0 saturated carbocycles. The number of nitrogens with zero attached hydrogens (tertiary/aromatic N) is 1. The molecule has 0 heterocycles. The molecule has 0 amide bonds. The summed E-state index contributed by atoms with van der Waals surface area (Å²) in [6.45, 7) is 2.56. The van der Waals surface area contributed by atoms with Crippen LogP contribution < -0.4 is 4.89 Å². The van der Waals surface area contributed by atoms with Crippen LogP contribution in [-0.2, 0) is 9.09 Å². The van der Waals surface area contributed by atoms with Gasteiger partial charge in [-0.25, -0.2) is 0 Å². The zero-order valence-electron chi connectivity index (χ0n) is 8.24. The molecule has 0 fully saturated rings. The molecule has 0 aromatic heterocycles. The molecular weight excluding hydrogens is 177 g/mol. The van der Waals surface area contributed by atoms with E-state index in [1.165, 1.54) is 0 Å². The SMILES string of the molecule is CCP(=O)([O-])OCC[N+](C)(C)C. The molecule has 5 heteroatoms. The third-order valence-electron chi connectivity index (χ3n) is 1.44. The summed E-state index contributed by atoms with van der Waals surface area (Å²) < 4.78 is 16.3. The third-order valence-corrected chi connectivity index (χ3v) is 2.79. The Balaban J connectivity index is 3.65. The topological polar surface area (TPSA) is 49.4 Å². The molecule has 0 aromatic carbocycles. The maximum absolute atomic E-state index is 10.9. The first-order valence-electron chi connectivity index (χ1n) is 4.02. The summed E-state index contributed by atoms with van der Waals surface area (Å²) in [5.74, 6) is 0. The maximum Gasteiger partial charge on any atom is 0.134 e. The van der Waals surface area contributed by atoms with Gasteiger partial charge in [0.1, 0.15) is 20.7 Å². The second-order valence-electron chi connectivity index (χ2n) is 3.77. The fourth-order valence-electron chi connectivity index (χ4n) is 0.545. The van der Waals surface area contributed by atoms with Gasteiger partial charge in [-0.2, -0.15) is 0 Å². The van der Waals surface area contributed by atoms with Gasteiger partial charge in [0.2, 0.25) is 0 Å². The van der Waals surface area contributed by atoms with Gasteiger partial charge in [0.15, 0.2) is 0 Å². The number of likely N-dealkylation sites (N-methyl/N-ethyl adjacent to an activating group) is 1. The summed E-state index contributed by atoms with van der Waals surface area (Å²) in [7, 11) is 2.45. The molecule has 0 bridgehead atoms. The van der Waals surface area contributed by atoms with Crippen LogP contribution in [-0.4, -0.2) is 44.9 Å². The molecule has 0 radical (unpaired) electrons. The van der Waals surface area contributed by atoms with Gasteiger partial charge in [-0.05, 0) is 0 Å². The lowest BCUT2D eigenvalue weighted by Gasteiger charge is -2.26. The minimum Gasteiger partial charge on any atom is -0.778 e. The molecule has 0 rings (SSSR count). The van der Waals surface area contributed by atoms with Crippen molar-refractivity contribution in [3.63, 3.8) is 0 Å². The van der Waals surface area contributed by atoms with Crippen LogP contribution in [0.15, 0.2) is 0 Å². The Morgan fingerprint density at radius 1 is 1.42 bits per heavy atom. The van der Waals surface area contributed by atoms with E-state index in [2.05, 4.69) is 0 Å². The average molecular weight is 195 g/mol. The molecule has 0 aromatic rings. The first-order chi connectivity index (χ1) is 5.27. The minimum atomic E-state index is -3.52. The predicted octanol–water partition coefficient (Wildman–Crippen LogP) is 0.282. The van der Waals surface area contributed by atoms with Gasteiger partial charge in [0.25, 0.3) is 0 Å². The van der Waals surface area contributed by atoms with Gasteiger partial charge in [-0.1, -0.05) is 6.92 Å².